The third-order valence-electron chi connectivity index (χ3n) is 6.09. The summed E-state index contributed by atoms with van der Waals surface area (Å²) in [5, 5.41) is 0. The zero-order valence-electron chi connectivity index (χ0n) is 14.9. The number of aryl methyl sites for hydroxylation is 1. The molecule has 0 aromatic heterocycles. The predicted octanol–water partition coefficient (Wildman–Crippen LogP) is 2.38. The van der Waals surface area contributed by atoms with Crippen LogP contribution in [0.3, 0.4) is 0 Å². The van der Waals surface area contributed by atoms with Gasteiger partial charge in [-0.3, -0.25) is 9.59 Å². The minimum absolute atomic E-state index is 0.0500. The summed E-state index contributed by atoms with van der Waals surface area (Å²) in [6.07, 6.45) is 4.20. The molecular weight excluding hydrogens is 316 g/mol. The average molecular weight is 342 g/mol. The fraction of sp³-hybridized carbons (Fsp3) is 0.600. The molecule has 1 aromatic carbocycles. The second kappa shape index (κ2) is 6.45. The molecule has 25 heavy (non-hydrogen) atoms. The van der Waals surface area contributed by atoms with Crippen molar-refractivity contribution in [2.45, 2.75) is 44.6 Å². The molecule has 1 aromatic rings. The van der Waals surface area contributed by atoms with Crippen LogP contribution in [0.25, 0.3) is 0 Å². The number of para-hydroxylation sites is 1. The van der Waals surface area contributed by atoms with Gasteiger partial charge >= 0.3 is 0 Å². The first-order valence-electron chi connectivity index (χ1n) is 9.43. The van der Waals surface area contributed by atoms with Gasteiger partial charge in [0.2, 0.25) is 11.8 Å². The molecule has 0 aliphatic carbocycles. The van der Waals surface area contributed by atoms with Gasteiger partial charge in [-0.25, -0.2) is 0 Å². The van der Waals surface area contributed by atoms with E-state index in [1.165, 1.54) is 0 Å². The number of rotatable bonds is 3. The van der Waals surface area contributed by atoms with E-state index in [1.807, 2.05) is 28.0 Å². The largest absolute Gasteiger partial charge is 0.375 e. The monoisotopic (exact) mass is 342 g/mol. The molecule has 5 heteroatoms. The van der Waals surface area contributed by atoms with Crippen molar-refractivity contribution in [3.05, 3.63) is 29.8 Å². The molecule has 0 bridgehead atoms. The quantitative estimate of drug-likeness (QED) is 0.847. The number of ether oxygens (including phenoxy) is 1. The van der Waals surface area contributed by atoms with Crippen molar-refractivity contribution in [2.75, 3.05) is 31.1 Å². The summed E-state index contributed by atoms with van der Waals surface area (Å²) in [5.41, 5.74) is 2.17. The normalized spacial score (nSPS) is 25.3. The Bertz CT molecular complexity index is 673. The number of anilines is 1. The Labute approximate surface area is 148 Å². The first-order chi connectivity index (χ1) is 12.1. The fourth-order valence-corrected chi connectivity index (χ4v) is 4.36. The van der Waals surface area contributed by atoms with Crippen LogP contribution >= 0.6 is 0 Å². The smallest absolute Gasteiger partial charge is 0.228 e. The molecule has 0 radical (unpaired) electrons. The number of benzene rings is 1. The summed E-state index contributed by atoms with van der Waals surface area (Å²) >= 11 is 0. The van der Waals surface area contributed by atoms with Crippen molar-refractivity contribution >= 4 is 17.5 Å². The van der Waals surface area contributed by atoms with Crippen LogP contribution in [0.4, 0.5) is 5.69 Å². The molecule has 1 unspecified atom stereocenters. The third-order valence-corrected chi connectivity index (χ3v) is 6.09. The van der Waals surface area contributed by atoms with Gasteiger partial charge in [0.25, 0.3) is 0 Å². The summed E-state index contributed by atoms with van der Waals surface area (Å²) in [7, 11) is 0. The van der Waals surface area contributed by atoms with Crippen molar-refractivity contribution in [2.24, 2.45) is 5.92 Å². The molecule has 5 nitrogen and oxygen atoms in total. The van der Waals surface area contributed by atoms with E-state index in [4.69, 9.17) is 4.74 Å². The van der Waals surface area contributed by atoms with Crippen LogP contribution in [0, 0.1) is 5.92 Å². The predicted molar refractivity (Wildman–Crippen MR) is 95.4 cm³/mol. The van der Waals surface area contributed by atoms with E-state index in [0.29, 0.717) is 13.0 Å². The van der Waals surface area contributed by atoms with Gasteiger partial charge in [0, 0.05) is 31.7 Å². The number of carbonyl (C=O) groups is 2. The van der Waals surface area contributed by atoms with E-state index in [2.05, 4.69) is 13.0 Å². The second-order valence-corrected chi connectivity index (χ2v) is 7.49. The Morgan fingerprint density at radius 3 is 2.60 bits per heavy atom. The lowest BCUT2D eigenvalue weighted by atomic mass is 9.84. The van der Waals surface area contributed by atoms with Gasteiger partial charge in [-0.1, -0.05) is 25.1 Å². The molecule has 134 valence electrons. The van der Waals surface area contributed by atoms with Crippen LogP contribution in [0.1, 0.15) is 38.2 Å². The molecule has 1 spiro atoms. The van der Waals surface area contributed by atoms with Crippen LogP contribution < -0.4 is 4.90 Å². The second-order valence-electron chi connectivity index (χ2n) is 7.49. The molecule has 3 aliphatic heterocycles. The Morgan fingerprint density at radius 2 is 1.96 bits per heavy atom. The maximum Gasteiger partial charge on any atom is 0.228 e. The van der Waals surface area contributed by atoms with Gasteiger partial charge in [-0.15, -0.1) is 0 Å². The maximum atomic E-state index is 12.9. The molecule has 0 saturated carbocycles. The molecule has 3 heterocycles. The molecule has 2 amide bonds. The highest BCUT2D eigenvalue weighted by molar-refractivity contribution is 6.00. The SMILES string of the molecule is CCc1ccccc1N1CC(C(=O)N2CCC3(CCO3)CC2)CC1=O. The summed E-state index contributed by atoms with van der Waals surface area (Å²) in [6.45, 7) is 4.97. The molecule has 0 N–H and O–H groups in total. The van der Waals surface area contributed by atoms with E-state index in [0.717, 1.165) is 56.6 Å². The lowest BCUT2D eigenvalue weighted by molar-refractivity contribution is -0.177. The van der Waals surface area contributed by atoms with Gasteiger partial charge in [0.05, 0.1) is 18.1 Å². The maximum absolute atomic E-state index is 12.9. The molecule has 3 aliphatic rings. The summed E-state index contributed by atoms with van der Waals surface area (Å²) in [6, 6.07) is 8.00. The minimum Gasteiger partial charge on any atom is -0.375 e. The lowest BCUT2D eigenvalue weighted by Crippen LogP contribution is -2.54. The van der Waals surface area contributed by atoms with Crippen molar-refractivity contribution in [1.29, 1.82) is 0 Å². The first kappa shape index (κ1) is 16.6. The topological polar surface area (TPSA) is 49.9 Å². The Morgan fingerprint density at radius 1 is 1.24 bits per heavy atom. The molecule has 3 fully saturated rings. The summed E-state index contributed by atoms with van der Waals surface area (Å²) < 4.78 is 5.73. The standard InChI is InChI=1S/C20H26N2O3/c1-2-15-5-3-4-6-17(15)22-14-16(13-18(22)23)19(24)21-10-7-20(8-11-21)9-12-25-20/h3-6,16H,2,7-14H2,1H3. The number of amides is 2. The Kier molecular flexibility index (Phi) is 4.28. The van der Waals surface area contributed by atoms with Crippen LogP contribution in [0.2, 0.25) is 0 Å². The first-order valence-corrected chi connectivity index (χ1v) is 9.43. The molecule has 4 rings (SSSR count). The highest BCUT2D eigenvalue weighted by Gasteiger charge is 2.44. The Balaban J connectivity index is 1.42. The van der Waals surface area contributed by atoms with Gasteiger partial charge < -0.3 is 14.5 Å². The van der Waals surface area contributed by atoms with Crippen LogP contribution in [-0.2, 0) is 20.7 Å². The van der Waals surface area contributed by atoms with Crippen molar-refractivity contribution in [1.82, 2.24) is 4.90 Å². The fourth-order valence-electron chi connectivity index (χ4n) is 4.36. The molecular formula is C20H26N2O3. The lowest BCUT2D eigenvalue weighted by Gasteiger charge is -2.47. The van der Waals surface area contributed by atoms with Crippen molar-refractivity contribution < 1.29 is 14.3 Å². The minimum atomic E-state index is -0.214. The van der Waals surface area contributed by atoms with E-state index in [9.17, 15) is 9.59 Å². The number of nitrogens with zero attached hydrogens (tertiary/aromatic N) is 2. The number of piperidine rings is 1. The number of hydrogen-bond donors (Lipinski definition) is 0. The van der Waals surface area contributed by atoms with E-state index >= 15 is 0 Å². The molecule has 3 saturated heterocycles. The summed E-state index contributed by atoms with van der Waals surface area (Å²) in [4.78, 5) is 29.2. The van der Waals surface area contributed by atoms with Gasteiger partial charge in [0.15, 0.2) is 0 Å². The van der Waals surface area contributed by atoms with Gasteiger partial charge in [-0.05, 0) is 37.3 Å². The highest BCUT2D eigenvalue weighted by Crippen LogP contribution is 2.37. The van der Waals surface area contributed by atoms with Crippen molar-refractivity contribution in [3.63, 3.8) is 0 Å². The number of carbonyl (C=O) groups excluding carboxylic acids is 2. The zero-order chi connectivity index (χ0) is 17.4. The molecule has 1 atom stereocenters. The Hall–Kier alpha value is -1.88. The van der Waals surface area contributed by atoms with Crippen LogP contribution in [-0.4, -0.2) is 48.6 Å². The number of hydrogen-bond acceptors (Lipinski definition) is 3. The van der Waals surface area contributed by atoms with Gasteiger partial charge in [-0.2, -0.15) is 0 Å². The average Bonchev–Trinajstić information content (AvgIpc) is 3.01. The van der Waals surface area contributed by atoms with E-state index in [-0.39, 0.29) is 23.3 Å². The summed E-state index contributed by atoms with van der Waals surface area (Å²) in [5.74, 6) is -0.0113. The van der Waals surface area contributed by atoms with E-state index < -0.39 is 0 Å². The highest BCUT2D eigenvalue weighted by atomic mass is 16.5. The van der Waals surface area contributed by atoms with E-state index in [1.54, 1.807) is 0 Å². The van der Waals surface area contributed by atoms with Crippen LogP contribution in [0.15, 0.2) is 24.3 Å². The van der Waals surface area contributed by atoms with Crippen LogP contribution in [0.5, 0.6) is 0 Å². The van der Waals surface area contributed by atoms with Gasteiger partial charge in [0.1, 0.15) is 0 Å². The zero-order valence-corrected chi connectivity index (χ0v) is 14.9. The number of likely N-dealkylation sites (tertiary alicyclic amines) is 1. The van der Waals surface area contributed by atoms with Crippen molar-refractivity contribution in [3.8, 4) is 0 Å². The third kappa shape index (κ3) is 2.95.